The summed E-state index contributed by atoms with van der Waals surface area (Å²) in [6.45, 7) is 2.17. The van der Waals surface area contributed by atoms with E-state index in [1.54, 1.807) is 41.8 Å². The number of methoxy groups -OCH3 is 1. The maximum absolute atomic E-state index is 12.8. The van der Waals surface area contributed by atoms with Gasteiger partial charge < -0.3 is 14.0 Å². The molecule has 0 aliphatic carbocycles. The van der Waals surface area contributed by atoms with Gasteiger partial charge in [-0.05, 0) is 37.3 Å². The van der Waals surface area contributed by atoms with Crippen molar-refractivity contribution in [2.24, 2.45) is 10.1 Å². The molecule has 0 aliphatic heterocycles. The number of carbonyl (C=O) groups excluding carboxylic acids is 2. The summed E-state index contributed by atoms with van der Waals surface area (Å²) < 4.78 is 35.9. The highest BCUT2D eigenvalue weighted by Crippen LogP contribution is 2.23. The van der Waals surface area contributed by atoms with E-state index in [1.165, 1.54) is 19.2 Å². The predicted octanol–water partition coefficient (Wildman–Crippen LogP) is 2.05. The minimum atomic E-state index is -3.90. The number of hydrogen-bond acceptors (Lipinski definition) is 7. The summed E-state index contributed by atoms with van der Waals surface area (Å²) in [4.78, 5) is 29.2. The monoisotopic (exact) mass is 463 g/mol. The van der Waals surface area contributed by atoms with Crippen LogP contribution in [0.1, 0.15) is 23.7 Å². The number of carbonyl (C=O) groups is 2. The molecule has 11 heteroatoms. The molecule has 0 saturated carbocycles. The lowest BCUT2D eigenvalue weighted by Gasteiger charge is -2.06. The first kappa shape index (κ1) is 22.7. The van der Waals surface area contributed by atoms with Gasteiger partial charge in [-0.3, -0.25) is 9.59 Å². The lowest BCUT2D eigenvalue weighted by atomic mass is 10.2. The number of primary sulfonamides is 1. The molecule has 9 nitrogen and oxygen atoms in total. The number of nitrogens with zero attached hydrogens (tertiary/aromatic N) is 2. The van der Waals surface area contributed by atoms with Crippen molar-refractivity contribution in [3.05, 3.63) is 52.8 Å². The van der Waals surface area contributed by atoms with Gasteiger partial charge in [0.15, 0.2) is 4.80 Å². The van der Waals surface area contributed by atoms with Gasteiger partial charge in [-0.1, -0.05) is 23.5 Å². The number of thiazole rings is 1. The summed E-state index contributed by atoms with van der Waals surface area (Å²) >= 11 is 1.12. The van der Waals surface area contributed by atoms with Crippen LogP contribution in [0.4, 0.5) is 0 Å². The molecule has 0 bridgehead atoms. The summed E-state index contributed by atoms with van der Waals surface area (Å²) in [5.74, 6) is -0.537. The Bertz CT molecular complexity index is 1310. The van der Waals surface area contributed by atoms with E-state index in [2.05, 4.69) is 4.99 Å². The first-order chi connectivity index (χ1) is 14.7. The highest BCUT2D eigenvalue weighted by molar-refractivity contribution is 7.89. The van der Waals surface area contributed by atoms with Crippen molar-refractivity contribution in [2.45, 2.75) is 24.8 Å². The summed E-state index contributed by atoms with van der Waals surface area (Å²) in [7, 11) is -2.44. The van der Waals surface area contributed by atoms with Crippen LogP contribution in [0.25, 0.3) is 10.2 Å². The summed E-state index contributed by atoms with van der Waals surface area (Å²) in [6.07, 6.45) is 0.0622. The van der Waals surface area contributed by atoms with Gasteiger partial charge in [0.1, 0.15) is 5.75 Å². The largest absolute Gasteiger partial charge is 0.496 e. The number of hydrogen-bond donors (Lipinski definition) is 1. The molecule has 0 spiro atoms. The standard InChI is InChI=1S/C20H21N3O6S2/c1-3-29-18(24)10-11-23-15-9-8-13(31(21,26)27)12-17(15)30-20(23)22-19(25)14-6-4-5-7-16(14)28-2/h4-9,12H,3,10-11H2,1-2H3,(H2,21,26,27). The minimum Gasteiger partial charge on any atom is -0.496 e. The first-order valence-corrected chi connectivity index (χ1v) is 11.6. The lowest BCUT2D eigenvalue weighted by molar-refractivity contribution is -0.143. The van der Waals surface area contributed by atoms with Crippen molar-refractivity contribution in [2.75, 3.05) is 13.7 Å². The van der Waals surface area contributed by atoms with Crippen molar-refractivity contribution >= 4 is 43.5 Å². The van der Waals surface area contributed by atoms with E-state index in [-0.39, 0.29) is 30.0 Å². The Kier molecular flexibility index (Phi) is 6.88. The molecule has 0 radical (unpaired) electrons. The van der Waals surface area contributed by atoms with Crippen LogP contribution >= 0.6 is 11.3 Å². The zero-order chi connectivity index (χ0) is 22.6. The quantitative estimate of drug-likeness (QED) is 0.534. The molecule has 0 atom stereocenters. The Labute approximate surface area is 182 Å². The maximum atomic E-state index is 12.8. The molecule has 3 rings (SSSR count). The number of aromatic nitrogens is 1. The SMILES string of the molecule is CCOC(=O)CCn1c(=NC(=O)c2ccccc2OC)sc2cc(S(N)(=O)=O)ccc21. The molecule has 2 aromatic carbocycles. The number of rotatable bonds is 7. The van der Waals surface area contributed by atoms with Crippen molar-refractivity contribution in [3.8, 4) is 5.75 Å². The van der Waals surface area contributed by atoms with E-state index >= 15 is 0 Å². The van der Waals surface area contributed by atoms with Gasteiger partial charge in [-0.25, -0.2) is 13.6 Å². The van der Waals surface area contributed by atoms with Gasteiger partial charge in [0.05, 0.1) is 40.8 Å². The van der Waals surface area contributed by atoms with E-state index in [1.807, 2.05) is 0 Å². The Morgan fingerprint density at radius 1 is 1.19 bits per heavy atom. The second-order valence-electron chi connectivity index (χ2n) is 6.38. The molecule has 0 fully saturated rings. The number of nitrogens with two attached hydrogens (primary N) is 1. The molecule has 3 aromatic rings. The summed E-state index contributed by atoms with van der Waals surface area (Å²) in [5.41, 5.74) is 0.901. The molecular weight excluding hydrogens is 442 g/mol. The van der Waals surface area contributed by atoms with Gasteiger partial charge in [0.2, 0.25) is 10.0 Å². The molecule has 31 heavy (non-hydrogen) atoms. The second-order valence-corrected chi connectivity index (χ2v) is 8.95. The number of esters is 1. The van der Waals surface area contributed by atoms with Crippen LogP contribution in [0.2, 0.25) is 0 Å². The van der Waals surface area contributed by atoms with Crippen LogP contribution in [0.15, 0.2) is 52.4 Å². The van der Waals surface area contributed by atoms with Crippen molar-refractivity contribution in [1.29, 1.82) is 0 Å². The Balaban J connectivity index is 2.13. The molecule has 0 unspecified atom stereocenters. The molecule has 1 amide bonds. The third-order valence-electron chi connectivity index (χ3n) is 4.36. The molecule has 0 saturated heterocycles. The topological polar surface area (TPSA) is 130 Å². The number of fused-ring (bicyclic) bond motifs is 1. The third-order valence-corrected chi connectivity index (χ3v) is 6.31. The minimum absolute atomic E-state index is 0.0543. The van der Waals surface area contributed by atoms with Gasteiger partial charge in [-0.2, -0.15) is 4.99 Å². The smallest absolute Gasteiger partial charge is 0.307 e. The number of sulfonamides is 1. The fourth-order valence-electron chi connectivity index (χ4n) is 2.94. The number of amides is 1. The van der Waals surface area contributed by atoms with E-state index < -0.39 is 21.9 Å². The normalized spacial score (nSPS) is 12.2. The fourth-order valence-corrected chi connectivity index (χ4v) is 4.64. The zero-order valence-electron chi connectivity index (χ0n) is 16.9. The molecule has 1 heterocycles. The van der Waals surface area contributed by atoms with Crippen LogP contribution in [0.3, 0.4) is 0 Å². The second kappa shape index (κ2) is 9.41. The number of aryl methyl sites for hydroxylation is 1. The van der Waals surface area contributed by atoms with Gasteiger partial charge >= 0.3 is 5.97 Å². The van der Waals surface area contributed by atoms with E-state index in [0.29, 0.717) is 20.8 Å². The van der Waals surface area contributed by atoms with Crippen LogP contribution < -0.4 is 14.7 Å². The van der Waals surface area contributed by atoms with Crippen molar-refractivity contribution in [3.63, 3.8) is 0 Å². The van der Waals surface area contributed by atoms with Crippen molar-refractivity contribution < 1.29 is 27.5 Å². The molecule has 0 aliphatic rings. The number of benzene rings is 2. The highest BCUT2D eigenvalue weighted by atomic mass is 32.2. The first-order valence-electron chi connectivity index (χ1n) is 9.28. The number of ether oxygens (including phenoxy) is 2. The lowest BCUT2D eigenvalue weighted by Crippen LogP contribution is -2.19. The van der Waals surface area contributed by atoms with Crippen LogP contribution in [-0.2, 0) is 26.1 Å². The third kappa shape index (κ3) is 5.19. The molecule has 1 aromatic heterocycles. The average Bonchev–Trinajstić information content (AvgIpc) is 3.07. The van der Waals surface area contributed by atoms with Crippen LogP contribution in [0, 0.1) is 0 Å². The Hall–Kier alpha value is -3.02. The maximum Gasteiger partial charge on any atom is 0.307 e. The van der Waals surface area contributed by atoms with E-state index in [4.69, 9.17) is 14.6 Å². The van der Waals surface area contributed by atoms with Crippen molar-refractivity contribution in [1.82, 2.24) is 4.57 Å². The molecular formula is C20H21N3O6S2. The Morgan fingerprint density at radius 3 is 2.61 bits per heavy atom. The van der Waals surface area contributed by atoms with Gasteiger partial charge in [0, 0.05) is 6.54 Å². The highest BCUT2D eigenvalue weighted by Gasteiger charge is 2.16. The van der Waals surface area contributed by atoms with E-state index in [9.17, 15) is 18.0 Å². The molecule has 2 N–H and O–H groups in total. The number of para-hydroxylation sites is 1. The zero-order valence-corrected chi connectivity index (χ0v) is 18.5. The van der Waals surface area contributed by atoms with E-state index in [0.717, 1.165) is 11.3 Å². The fraction of sp³-hybridized carbons (Fsp3) is 0.250. The van der Waals surface area contributed by atoms with Gasteiger partial charge in [0.25, 0.3) is 5.91 Å². The Morgan fingerprint density at radius 2 is 1.94 bits per heavy atom. The average molecular weight is 464 g/mol. The van der Waals surface area contributed by atoms with Gasteiger partial charge in [-0.15, -0.1) is 0 Å². The predicted molar refractivity (Wildman–Crippen MR) is 115 cm³/mol. The van der Waals surface area contributed by atoms with Crippen LogP contribution in [-0.4, -0.2) is 38.6 Å². The summed E-state index contributed by atoms with van der Waals surface area (Å²) in [5, 5.41) is 5.23. The molecule has 164 valence electrons. The summed E-state index contributed by atoms with van der Waals surface area (Å²) in [6, 6.07) is 11.1. The van der Waals surface area contributed by atoms with Crippen LogP contribution in [0.5, 0.6) is 5.75 Å².